The molecule has 0 aliphatic carbocycles. The first-order valence-electron chi connectivity index (χ1n) is 8.01. The van der Waals surface area contributed by atoms with Crippen LogP contribution in [0.2, 0.25) is 0 Å². The molecular weight excluding hydrogens is 321 g/mol. The largest absolute Gasteiger partial charge is 0.497 e. The fraction of sp³-hybridized carbons (Fsp3) is 0.250. The van der Waals surface area contributed by atoms with E-state index in [-0.39, 0.29) is 11.9 Å². The van der Waals surface area contributed by atoms with Gasteiger partial charge in [0.2, 0.25) is 5.88 Å². The Balaban J connectivity index is 2.29. The van der Waals surface area contributed by atoms with Gasteiger partial charge >= 0.3 is 0 Å². The maximum atomic E-state index is 14.6. The smallest absolute Gasteiger partial charge is 0.221 e. The predicted octanol–water partition coefficient (Wildman–Crippen LogP) is 4.85. The number of ether oxygens (including phenoxy) is 3. The van der Waals surface area contributed by atoms with Gasteiger partial charge in [-0.25, -0.2) is 9.37 Å². The molecule has 1 heterocycles. The fourth-order valence-corrected chi connectivity index (χ4v) is 2.78. The van der Waals surface area contributed by atoms with Crippen LogP contribution < -0.4 is 14.2 Å². The standard InChI is InChI=1S/C20H20FNO3/c1-12(2)25-20-15-6-5-7-18(24-4)19(15)16(11-22-20)14-9-8-13(23-3)10-17(14)21/h5-12H,1-4H3. The second-order valence-corrected chi connectivity index (χ2v) is 5.87. The molecule has 0 N–H and O–H groups in total. The third-order valence-electron chi connectivity index (χ3n) is 3.87. The zero-order valence-electron chi connectivity index (χ0n) is 14.7. The van der Waals surface area contributed by atoms with Gasteiger partial charge in [0.1, 0.15) is 17.3 Å². The summed E-state index contributed by atoms with van der Waals surface area (Å²) in [5.74, 6) is 1.22. The van der Waals surface area contributed by atoms with Gasteiger partial charge in [0.05, 0.1) is 20.3 Å². The Kier molecular flexibility index (Phi) is 4.74. The molecule has 0 amide bonds. The van der Waals surface area contributed by atoms with Gasteiger partial charge < -0.3 is 14.2 Å². The summed E-state index contributed by atoms with van der Waals surface area (Å²) in [7, 11) is 3.10. The summed E-state index contributed by atoms with van der Waals surface area (Å²) in [4.78, 5) is 4.41. The highest BCUT2D eigenvalue weighted by Crippen LogP contribution is 2.40. The molecule has 3 aromatic rings. The summed E-state index contributed by atoms with van der Waals surface area (Å²) in [5.41, 5.74) is 1.07. The minimum absolute atomic E-state index is 0.0227. The highest BCUT2D eigenvalue weighted by Gasteiger charge is 2.17. The van der Waals surface area contributed by atoms with E-state index in [4.69, 9.17) is 14.2 Å². The molecule has 0 saturated heterocycles. The van der Waals surface area contributed by atoms with E-state index >= 15 is 0 Å². The Hall–Kier alpha value is -2.82. The molecule has 25 heavy (non-hydrogen) atoms. The number of nitrogens with zero attached hydrogens (tertiary/aromatic N) is 1. The van der Waals surface area contributed by atoms with Crippen LogP contribution in [0.4, 0.5) is 4.39 Å². The lowest BCUT2D eigenvalue weighted by Crippen LogP contribution is -2.07. The first-order valence-corrected chi connectivity index (χ1v) is 8.01. The molecule has 0 aliphatic rings. The number of halogens is 1. The van der Waals surface area contributed by atoms with Crippen LogP contribution in [0.5, 0.6) is 17.4 Å². The molecule has 0 bridgehead atoms. The van der Waals surface area contributed by atoms with Crippen LogP contribution >= 0.6 is 0 Å². The van der Waals surface area contributed by atoms with Gasteiger partial charge in [-0.1, -0.05) is 6.07 Å². The van der Waals surface area contributed by atoms with Gasteiger partial charge in [-0.2, -0.15) is 0 Å². The molecule has 0 unspecified atom stereocenters. The fourth-order valence-electron chi connectivity index (χ4n) is 2.78. The molecular formula is C20H20FNO3. The van der Waals surface area contributed by atoms with Crippen molar-refractivity contribution in [3.05, 3.63) is 48.4 Å². The number of hydrogen-bond donors (Lipinski definition) is 0. The zero-order chi connectivity index (χ0) is 18.0. The lowest BCUT2D eigenvalue weighted by atomic mass is 9.99. The van der Waals surface area contributed by atoms with Crippen LogP contribution in [0, 0.1) is 5.82 Å². The normalized spacial score (nSPS) is 11.0. The van der Waals surface area contributed by atoms with Crippen molar-refractivity contribution in [1.82, 2.24) is 4.98 Å². The average molecular weight is 341 g/mol. The van der Waals surface area contributed by atoms with Gasteiger partial charge in [-0.15, -0.1) is 0 Å². The summed E-state index contributed by atoms with van der Waals surface area (Å²) >= 11 is 0. The van der Waals surface area contributed by atoms with Crippen molar-refractivity contribution in [2.24, 2.45) is 0 Å². The molecule has 4 nitrogen and oxygen atoms in total. The highest BCUT2D eigenvalue weighted by atomic mass is 19.1. The maximum Gasteiger partial charge on any atom is 0.221 e. The molecule has 130 valence electrons. The maximum absolute atomic E-state index is 14.6. The van der Waals surface area contributed by atoms with E-state index in [1.807, 2.05) is 32.0 Å². The van der Waals surface area contributed by atoms with Crippen molar-refractivity contribution in [3.8, 4) is 28.5 Å². The molecule has 0 aliphatic heterocycles. The summed E-state index contributed by atoms with van der Waals surface area (Å²) in [5, 5.41) is 1.54. The SMILES string of the molecule is COc1ccc(-c2cnc(OC(C)C)c3cccc(OC)c23)c(F)c1. The van der Waals surface area contributed by atoms with Crippen LogP contribution in [0.1, 0.15) is 13.8 Å². The second kappa shape index (κ2) is 6.97. The van der Waals surface area contributed by atoms with Crippen molar-refractivity contribution in [2.75, 3.05) is 14.2 Å². The minimum Gasteiger partial charge on any atom is -0.497 e. The number of aromatic nitrogens is 1. The van der Waals surface area contributed by atoms with E-state index in [0.29, 0.717) is 28.5 Å². The van der Waals surface area contributed by atoms with Crippen LogP contribution in [-0.2, 0) is 0 Å². The third kappa shape index (κ3) is 3.22. The topological polar surface area (TPSA) is 40.6 Å². The summed E-state index contributed by atoms with van der Waals surface area (Å²) in [6.45, 7) is 3.87. The molecule has 0 fully saturated rings. The Morgan fingerprint density at radius 2 is 1.80 bits per heavy atom. The monoisotopic (exact) mass is 341 g/mol. The molecule has 1 aromatic heterocycles. The minimum atomic E-state index is -0.383. The number of pyridine rings is 1. The van der Waals surface area contributed by atoms with Crippen LogP contribution in [-0.4, -0.2) is 25.3 Å². The Morgan fingerprint density at radius 1 is 1.00 bits per heavy atom. The number of hydrogen-bond acceptors (Lipinski definition) is 4. The molecule has 0 spiro atoms. The van der Waals surface area contributed by atoms with Crippen molar-refractivity contribution in [1.29, 1.82) is 0 Å². The first kappa shape index (κ1) is 17.0. The Labute approximate surface area is 146 Å². The summed E-state index contributed by atoms with van der Waals surface area (Å²) < 4.78 is 31.0. The van der Waals surface area contributed by atoms with Crippen molar-refractivity contribution in [2.45, 2.75) is 20.0 Å². The van der Waals surface area contributed by atoms with Crippen LogP contribution in [0.3, 0.4) is 0 Å². The van der Waals surface area contributed by atoms with Crippen LogP contribution in [0.25, 0.3) is 21.9 Å². The molecule has 0 radical (unpaired) electrons. The van der Waals surface area contributed by atoms with Gasteiger partial charge in [0.15, 0.2) is 0 Å². The van der Waals surface area contributed by atoms with E-state index < -0.39 is 0 Å². The van der Waals surface area contributed by atoms with Gasteiger partial charge in [0.25, 0.3) is 0 Å². The average Bonchev–Trinajstić information content (AvgIpc) is 2.61. The lowest BCUT2D eigenvalue weighted by Gasteiger charge is -2.16. The molecule has 3 rings (SSSR count). The van der Waals surface area contributed by atoms with E-state index in [0.717, 1.165) is 10.8 Å². The lowest BCUT2D eigenvalue weighted by molar-refractivity contribution is 0.236. The summed E-state index contributed by atoms with van der Waals surface area (Å²) in [6.07, 6.45) is 1.60. The zero-order valence-corrected chi connectivity index (χ0v) is 14.7. The molecule has 0 atom stereocenters. The highest BCUT2D eigenvalue weighted by molar-refractivity contribution is 6.03. The number of rotatable bonds is 5. The second-order valence-electron chi connectivity index (χ2n) is 5.87. The van der Waals surface area contributed by atoms with E-state index in [1.165, 1.54) is 13.2 Å². The van der Waals surface area contributed by atoms with E-state index in [2.05, 4.69) is 4.98 Å². The van der Waals surface area contributed by atoms with E-state index in [1.54, 1.807) is 25.4 Å². The quantitative estimate of drug-likeness (QED) is 0.665. The van der Waals surface area contributed by atoms with Crippen molar-refractivity contribution < 1.29 is 18.6 Å². The Morgan fingerprint density at radius 3 is 2.44 bits per heavy atom. The van der Waals surface area contributed by atoms with Crippen molar-refractivity contribution >= 4 is 10.8 Å². The summed E-state index contributed by atoms with van der Waals surface area (Å²) in [6, 6.07) is 10.4. The first-order chi connectivity index (χ1) is 12.0. The predicted molar refractivity (Wildman–Crippen MR) is 96.0 cm³/mol. The van der Waals surface area contributed by atoms with Gasteiger partial charge in [-0.3, -0.25) is 0 Å². The number of fused-ring (bicyclic) bond motifs is 1. The van der Waals surface area contributed by atoms with E-state index in [9.17, 15) is 4.39 Å². The van der Waals surface area contributed by atoms with Crippen molar-refractivity contribution in [3.63, 3.8) is 0 Å². The number of methoxy groups -OCH3 is 2. The molecule has 2 aromatic carbocycles. The molecule has 5 heteroatoms. The van der Waals surface area contributed by atoms with Gasteiger partial charge in [-0.05, 0) is 38.1 Å². The third-order valence-corrected chi connectivity index (χ3v) is 3.87. The molecule has 0 saturated carbocycles. The Bertz CT molecular complexity index is 909. The van der Waals surface area contributed by atoms with Crippen LogP contribution in [0.15, 0.2) is 42.6 Å². The van der Waals surface area contributed by atoms with Gasteiger partial charge in [0, 0.05) is 34.2 Å². The number of benzene rings is 2.